The molecule has 2 nitrogen and oxygen atoms in total. The molecule has 1 rings (SSSR count). The van der Waals surface area contributed by atoms with E-state index in [1.54, 1.807) is 12.4 Å². The molecule has 9 heavy (non-hydrogen) atoms. The Morgan fingerprint density at radius 3 is 1.89 bits per heavy atom. The number of pyridine rings is 1. The molecule has 0 aliphatic rings. The molecule has 1 aromatic heterocycles. The second kappa shape index (κ2) is 4.66. The van der Waals surface area contributed by atoms with E-state index in [0.29, 0.717) is 0 Å². The van der Waals surface area contributed by atoms with Crippen molar-refractivity contribution < 1.29 is 0 Å². The van der Waals surface area contributed by atoms with Crippen molar-refractivity contribution in [1.82, 2.24) is 4.98 Å². The third-order valence-corrected chi connectivity index (χ3v) is 0.688. The highest BCUT2D eigenvalue weighted by Crippen LogP contribution is 1.64. The van der Waals surface area contributed by atoms with Crippen molar-refractivity contribution in [3.8, 4) is 12.8 Å². The zero-order valence-corrected chi connectivity index (χ0v) is 4.87. The van der Waals surface area contributed by atoms with Gasteiger partial charge in [0.05, 0.1) is 0 Å². The van der Waals surface area contributed by atoms with Crippen LogP contribution in [-0.2, 0) is 0 Å². The smallest absolute Gasteiger partial charge is 0.181 e. The van der Waals surface area contributed by atoms with Crippen LogP contribution in [0.5, 0.6) is 0 Å². The summed E-state index contributed by atoms with van der Waals surface area (Å²) in [6, 6.07) is 2.94. The van der Waals surface area contributed by atoms with E-state index in [0.717, 1.165) is 0 Å². The van der Waals surface area contributed by atoms with Gasteiger partial charge in [-0.25, -0.2) is 0 Å². The van der Waals surface area contributed by atoms with Crippen molar-refractivity contribution in [3.05, 3.63) is 34.7 Å². The molecule has 0 aliphatic heterocycles. The molecule has 46 valence electrons. The van der Waals surface area contributed by atoms with Crippen LogP contribution >= 0.6 is 0 Å². The van der Waals surface area contributed by atoms with E-state index in [-0.39, 0.29) is 5.43 Å². The number of hydrogen-bond acceptors (Lipinski definition) is 1. The summed E-state index contributed by atoms with van der Waals surface area (Å²) in [5, 5.41) is 0. The van der Waals surface area contributed by atoms with Gasteiger partial charge in [0.25, 0.3) is 0 Å². The average Bonchev–Trinajstić information content (AvgIpc) is 1.94. The van der Waals surface area contributed by atoms with Gasteiger partial charge in [0.2, 0.25) is 0 Å². The third kappa shape index (κ3) is 3.12. The highest BCUT2D eigenvalue weighted by Gasteiger charge is 1.70. The van der Waals surface area contributed by atoms with E-state index in [4.69, 9.17) is 0 Å². The molecule has 0 unspecified atom stereocenters. The van der Waals surface area contributed by atoms with Gasteiger partial charge in [-0.05, 0) is 0 Å². The number of rotatable bonds is 0. The minimum absolute atomic E-state index is 0.0405. The zero-order chi connectivity index (χ0) is 7.11. The lowest BCUT2D eigenvalue weighted by atomic mass is 10.5. The molecule has 0 atom stereocenters. The molecule has 2 heteroatoms. The Hall–Kier alpha value is -1.49. The largest absolute Gasteiger partial charge is 0.367 e. The van der Waals surface area contributed by atoms with Gasteiger partial charge in [0.15, 0.2) is 5.43 Å². The first-order chi connectivity index (χ1) is 4.39. The van der Waals surface area contributed by atoms with E-state index >= 15 is 0 Å². The fourth-order valence-corrected chi connectivity index (χ4v) is 0.372. The Kier molecular flexibility index (Phi) is 3.89. The van der Waals surface area contributed by atoms with Gasteiger partial charge in [-0.2, -0.15) is 0 Å². The summed E-state index contributed by atoms with van der Waals surface area (Å²) < 4.78 is 0. The first-order valence-corrected chi connectivity index (χ1v) is 2.36. The fraction of sp³-hybridized carbons (Fsp3) is 0. The zero-order valence-electron chi connectivity index (χ0n) is 4.87. The summed E-state index contributed by atoms with van der Waals surface area (Å²) in [5.41, 5.74) is 0.0405. The van der Waals surface area contributed by atoms with Gasteiger partial charge in [-0.3, -0.25) is 4.79 Å². The Bertz CT molecular complexity index is 206. The number of aromatic nitrogens is 1. The Balaban J connectivity index is 0.000000291. The quantitative estimate of drug-likeness (QED) is 0.501. The standard InChI is InChI=1S/C5H5NO.C2H2/c7-5-1-3-6-4-2-5;1-2/h1-4H,(H,6,7);1-2H. The first-order valence-electron chi connectivity index (χ1n) is 2.36. The molecular formula is C7H7NO. The first kappa shape index (κ1) is 7.51. The average molecular weight is 121 g/mol. The van der Waals surface area contributed by atoms with Crippen molar-refractivity contribution >= 4 is 0 Å². The SMILES string of the molecule is C#C.O=c1cc[nH]cc1. The molecular weight excluding hydrogens is 114 g/mol. The van der Waals surface area contributed by atoms with E-state index < -0.39 is 0 Å². The van der Waals surface area contributed by atoms with Crippen molar-refractivity contribution in [1.29, 1.82) is 0 Å². The summed E-state index contributed by atoms with van der Waals surface area (Å²) in [6.45, 7) is 0. The van der Waals surface area contributed by atoms with Gasteiger partial charge in [-0.1, -0.05) is 0 Å². The maximum atomic E-state index is 10.2. The fourth-order valence-electron chi connectivity index (χ4n) is 0.372. The lowest BCUT2D eigenvalue weighted by molar-refractivity contribution is 1.31. The highest BCUT2D eigenvalue weighted by molar-refractivity contribution is 4.90. The summed E-state index contributed by atoms with van der Waals surface area (Å²) in [7, 11) is 0. The number of terminal acetylenes is 1. The maximum absolute atomic E-state index is 10.2. The highest BCUT2D eigenvalue weighted by atomic mass is 16.1. The van der Waals surface area contributed by atoms with Gasteiger partial charge >= 0.3 is 0 Å². The van der Waals surface area contributed by atoms with Crippen LogP contribution in [0.25, 0.3) is 0 Å². The normalized spacial score (nSPS) is 6.89. The van der Waals surface area contributed by atoms with Gasteiger partial charge in [0.1, 0.15) is 0 Å². The molecule has 0 spiro atoms. The van der Waals surface area contributed by atoms with E-state index in [1.165, 1.54) is 12.1 Å². The lowest BCUT2D eigenvalue weighted by Crippen LogP contribution is -1.92. The molecule has 0 saturated heterocycles. The van der Waals surface area contributed by atoms with Crippen LogP contribution in [0.4, 0.5) is 0 Å². The second-order valence-electron chi connectivity index (χ2n) is 1.24. The predicted octanol–water partition coefficient (Wildman–Crippen LogP) is 0.624. The van der Waals surface area contributed by atoms with E-state index in [1.807, 2.05) is 0 Å². The van der Waals surface area contributed by atoms with Crippen LogP contribution in [0.1, 0.15) is 0 Å². The molecule has 0 aliphatic carbocycles. The molecule has 1 aromatic rings. The number of nitrogens with one attached hydrogen (secondary N) is 1. The van der Waals surface area contributed by atoms with Crippen molar-refractivity contribution in [2.75, 3.05) is 0 Å². The van der Waals surface area contributed by atoms with Crippen LogP contribution in [0.2, 0.25) is 0 Å². The second-order valence-corrected chi connectivity index (χ2v) is 1.24. The van der Waals surface area contributed by atoms with Crippen molar-refractivity contribution in [2.24, 2.45) is 0 Å². The molecule has 0 saturated carbocycles. The molecule has 0 bridgehead atoms. The maximum Gasteiger partial charge on any atom is 0.181 e. The topological polar surface area (TPSA) is 32.9 Å². The van der Waals surface area contributed by atoms with Crippen LogP contribution in [-0.4, -0.2) is 4.98 Å². The predicted molar refractivity (Wildman–Crippen MR) is 37.0 cm³/mol. The Morgan fingerprint density at radius 2 is 1.67 bits per heavy atom. The molecule has 1 N–H and O–H groups in total. The molecule has 0 fully saturated rings. The van der Waals surface area contributed by atoms with E-state index in [2.05, 4.69) is 17.8 Å². The number of hydrogen-bond donors (Lipinski definition) is 1. The Labute approximate surface area is 53.5 Å². The summed E-state index contributed by atoms with van der Waals surface area (Å²) in [6.07, 6.45) is 11.2. The minimum atomic E-state index is 0.0405. The van der Waals surface area contributed by atoms with Crippen LogP contribution < -0.4 is 5.43 Å². The lowest BCUT2D eigenvalue weighted by Gasteiger charge is -1.73. The van der Waals surface area contributed by atoms with Crippen LogP contribution in [0, 0.1) is 12.8 Å². The molecule has 0 radical (unpaired) electrons. The monoisotopic (exact) mass is 121 g/mol. The van der Waals surface area contributed by atoms with Gasteiger partial charge < -0.3 is 4.98 Å². The molecule has 0 amide bonds. The molecule has 1 heterocycles. The number of aromatic amines is 1. The van der Waals surface area contributed by atoms with Gasteiger partial charge in [0, 0.05) is 24.5 Å². The summed E-state index contributed by atoms with van der Waals surface area (Å²) in [4.78, 5) is 13.0. The van der Waals surface area contributed by atoms with Gasteiger partial charge in [-0.15, -0.1) is 12.8 Å². The summed E-state index contributed by atoms with van der Waals surface area (Å²) >= 11 is 0. The summed E-state index contributed by atoms with van der Waals surface area (Å²) in [5.74, 6) is 0. The van der Waals surface area contributed by atoms with Crippen LogP contribution in [0.15, 0.2) is 29.3 Å². The van der Waals surface area contributed by atoms with Crippen molar-refractivity contribution in [3.63, 3.8) is 0 Å². The Morgan fingerprint density at radius 1 is 1.22 bits per heavy atom. The third-order valence-electron chi connectivity index (χ3n) is 0.688. The minimum Gasteiger partial charge on any atom is -0.367 e. The van der Waals surface area contributed by atoms with Crippen molar-refractivity contribution in [2.45, 2.75) is 0 Å². The molecule has 0 aromatic carbocycles. The van der Waals surface area contributed by atoms with E-state index in [9.17, 15) is 4.79 Å². The van der Waals surface area contributed by atoms with Crippen LogP contribution in [0.3, 0.4) is 0 Å². The number of H-pyrrole nitrogens is 1.